The molecule has 2 aromatic rings. The van der Waals surface area contributed by atoms with Crippen LogP contribution in [0.5, 0.6) is 0 Å². The van der Waals surface area contributed by atoms with Gasteiger partial charge in [-0.25, -0.2) is 4.68 Å². The second-order valence-electron chi connectivity index (χ2n) is 7.35. The van der Waals surface area contributed by atoms with Crippen LogP contribution in [0.1, 0.15) is 71.8 Å². The van der Waals surface area contributed by atoms with Crippen molar-refractivity contribution < 1.29 is 22.8 Å². The summed E-state index contributed by atoms with van der Waals surface area (Å²) in [7, 11) is 0. The molecule has 1 amide bonds. The van der Waals surface area contributed by atoms with Gasteiger partial charge in [-0.15, -0.1) is 0 Å². The number of amides is 1. The summed E-state index contributed by atoms with van der Waals surface area (Å²) < 4.78 is 40.6. The topological polar surface area (TPSA) is 64.3 Å². The number of benzene rings is 1. The van der Waals surface area contributed by atoms with Crippen LogP contribution >= 0.6 is 11.3 Å². The van der Waals surface area contributed by atoms with Gasteiger partial charge in [0.25, 0.3) is 5.91 Å². The second kappa shape index (κ2) is 8.38. The number of aromatic nitrogens is 2. The second-order valence-corrected chi connectivity index (χ2v) is 8.31. The molecule has 0 saturated carbocycles. The summed E-state index contributed by atoms with van der Waals surface area (Å²) in [5.41, 5.74) is -1.78. The van der Waals surface area contributed by atoms with Crippen LogP contribution in [-0.2, 0) is 18.1 Å². The molecule has 0 fully saturated rings. The highest BCUT2D eigenvalue weighted by Gasteiger charge is 2.31. The largest absolute Gasteiger partial charge is 0.416 e. The van der Waals surface area contributed by atoms with Crippen molar-refractivity contribution >= 4 is 23.5 Å². The molecule has 0 bridgehead atoms. The van der Waals surface area contributed by atoms with Crippen molar-refractivity contribution in [3.8, 4) is 0 Å². The maximum atomic E-state index is 13.0. The van der Waals surface area contributed by atoms with Crippen LogP contribution < -0.4 is 4.80 Å². The molecule has 0 aliphatic rings. The Kier molecular flexibility index (Phi) is 6.59. The molecule has 1 aromatic heterocycles. The van der Waals surface area contributed by atoms with E-state index < -0.39 is 17.6 Å². The quantitative estimate of drug-likeness (QED) is 0.672. The van der Waals surface area contributed by atoms with Crippen molar-refractivity contribution in [1.29, 1.82) is 0 Å². The van der Waals surface area contributed by atoms with Crippen LogP contribution in [0.15, 0.2) is 23.2 Å². The van der Waals surface area contributed by atoms with Gasteiger partial charge in [0, 0.05) is 17.5 Å². The van der Waals surface area contributed by atoms with E-state index in [1.807, 2.05) is 27.7 Å². The molecule has 1 heterocycles. The van der Waals surface area contributed by atoms with Gasteiger partial charge in [0.1, 0.15) is 5.01 Å². The van der Waals surface area contributed by atoms with E-state index in [2.05, 4.69) is 10.1 Å². The number of carbonyl (C=O) groups is 2. The van der Waals surface area contributed by atoms with E-state index in [1.54, 1.807) is 4.68 Å². The summed E-state index contributed by atoms with van der Waals surface area (Å²) in [4.78, 5) is 28.1. The summed E-state index contributed by atoms with van der Waals surface area (Å²) in [5.74, 6) is -0.900. The third-order valence-corrected chi connectivity index (χ3v) is 5.29. The van der Waals surface area contributed by atoms with Crippen molar-refractivity contribution in [2.45, 2.75) is 58.7 Å². The highest BCUT2D eigenvalue weighted by Crippen LogP contribution is 2.30. The van der Waals surface area contributed by atoms with Crippen LogP contribution in [-0.4, -0.2) is 22.0 Å². The van der Waals surface area contributed by atoms with Gasteiger partial charge >= 0.3 is 6.18 Å². The van der Waals surface area contributed by atoms with E-state index in [9.17, 15) is 22.8 Å². The van der Waals surface area contributed by atoms with E-state index in [0.29, 0.717) is 23.7 Å². The smallest absolute Gasteiger partial charge is 0.298 e. The predicted molar refractivity (Wildman–Crippen MR) is 100 cm³/mol. The molecule has 0 N–H and O–H groups in total. The maximum Gasteiger partial charge on any atom is 0.416 e. The molecule has 2 rings (SSSR count). The standard InChI is InChI=1S/C19H22F3N3O2S/c1-5-6-9-25-17(28-16(24-25)18(2,3)4)23-15(27)14-10-13(19(20,21)22)8-7-12(14)11-26/h7-8,10-11H,5-6,9H2,1-4H3/b23-17-. The Hall–Kier alpha value is -2.29. The first-order valence-electron chi connectivity index (χ1n) is 8.81. The molecule has 152 valence electrons. The van der Waals surface area contributed by atoms with Gasteiger partial charge in [0.15, 0.2) is 6.29 Å². The number of rotatable bonds is 5. The Labute approximate surface area is 164 Å². The Bertz CT molecular complexity index is 937. The molecule has 0 aliphatic carbocycles. The van der Waals surface area contributed by atoms with Crippen molar-refractivity contribution in [2.75, 3.05) is 0 Å². The first kappa shape index (κ1) is 22.0. The molecule has 9 heteroatoms. The van der Waals surface area contributed by atoms with E-state index in [4.69, 9.17) is 0 Å². The fraction of sp³-hybridized carbons (Fsp3) is 0.474. The minimum Gasteiger partial charge on any atom is -0.298 e. The van der Waals surface area contributed by atoms with Gasteiger partial charge in [-0.3, -0.25) is 9.59 Å². The zero-order valence-corrected chi connectivity index (χ0v) is 16.9. The Balaban J connectivity index is 2.57. The third kappa shape index (κ3) is 5.15. The molecule has 28 heavy (non-hydrogen) atoms. The van der Waals surface area contributed by atoms with E-state index in [0.717, 1.165) is 30.0 Å². The van der Waals surface area contributed by atoms with Crippen molar-refractivity contribution in [2.24, 2.45) is 4.99 Å². The summed E-state index contributed by atoms with van der Waals surface area (Å²) in [6.07, 6.45) is -2.55. The van der Waals surface area contributed by atoms with Crippen molar-refractivity contribution in [1.82, 2.24) is 9.78 Å². The van der Waals surface area contributed by atoms with Gasteiger partial charge in [0.2, 0.25) is 4.80 Å². The maximum absolute atomic E-state index is 13.0. The van der Waals surface area contributed by atoms with Crippen LogP contribution in [0.25, 0.3) is 0 Å². The number of aryl methyl sites for hydroxylation is 1. The molecule has 0 saturated heterocycles. The molecular formula is C19H22F3N3O2S. The molecule has 1 aromatic carbocycles. The fourth-order valence-electron chi connectivity index (χ4n) is 2.32. The van der Waals surface area contributed by atoms with E-state index >= 15 is 0 Å². The number of nitrogens with zero attached hydrogens (tertiary/aromatic N) is 3. The van der Waals surface area contributed by atoms with Crippen LogP contribution in [0.4, 0.5) is 13.2 Å². The highest BCUT2D eigenvalue weighted by atomic mass is 32.1. The van der Waals surface area contributed by atoms with Crippen molar-refractivity contribution in [3.63, 3.8) is 0 Å². The Morgan fingerprint density at radius 2 is 1.96 bits per heavy atom. The molecule has 0 spiro atoms. The van der Waals surface area contributed by atoms with Gasteiger partial charge < -0.3 is 0 Å². The number of aldehydes is 1. The lowest BCUT2D eigenvalue weighted by Gasteiger charge is -2.12. The lowest BCUT2D eigenvalue weighted by atomic mass is 9.98. The van der Waals surface area contributed by atoms with Crippen LogP contribution in [0, 0.1) is 0 Å². The predicted octanol–water partition coefficient (Wildman–Crippen LogP) is 4.61. The summed E-state index contributed by atoms with van der Waals surface area (Å²) >= 11 is 1.22. The lowest BCUT2D eigenvalue weighted by Crippen LogP contribution is -2.19. The minimum atomic E-state index is -4.62. The van der Waals surface area contributed by atoms with Gasteiger partial charge in [-0.2, -0.15) is 23.3 Å². The lowest BCUT2D eigenvalue weighted by molar-refractivity contribution is -0.137. The zero-order chi connectivity index (χ0) is 21.1. The number of alkyl halides is 3. The number of hydrogen-bond acceptors (Lipinski definition) is 4. The van der Waals surface area contributed by atoms with Gasteiger partial charge in [0.05, 0.1) is 11.1 Å². The average Bonchev–Trinajstić information content (AvgIpc) is 3.01. The normalized spacial score (nSPS) is 13.0. The monoisotopic (exact) mass is 413 g/mol. The minimum absolute atomic E-state index is 0.137. The zero-order valence-electron chi connectivity index (χ0n) is 16.1. The molecule has 5 nitrogen and oxygen atoms in total. The highest BCUT2D eigenvalue weighted by molar-refractivity contribution is 7.09. The number of halogens is 3. The Morgan fingerprint density at radius 1 is 1.29 bits per heavy atom. The van der Waals surface area contributed by atoms with Crippen molar-refractivity contribution in [3.05, 3.63) is 44.7 Å². The molecule has 0 aliphatic heterocycles. The van der Waals surface area contributed by atoms with E-state index in [-0.39, 0.29) is 16.5 Å². The number of hydrogen-bond donors (Lipinski definition) is 0. The molecular weight excluding hydrogens is 391 g/mol. The number of unbranched alkanes of at least 4 members (excludes halogenated alkanes) is 1. The summed E-state index contributed by atoms with van der Waals surface area (Å²) in [5, 5.41) is 5.26. The first-order valence-corrected chi connectivity index (χ1v) is 9.63. The van der Waals surface area contributed by atoms with Crippen LogP contribution in [0.3, 0.4) is 0 Å². The SMILES string of the molecule is CCCCn1nc(C(C)(C)C)s/c1=N\C(=O)c1cc(C(F)(F)F)ccc1C=O. The summed E-state index contributed by atoms with van der Waals surface area (Å²) in [6, 6.07) is 2.42. The number of carbonyl (C=O) groups excluding carboxylic acids is 2. The molecule has 0 radical (unpaired) electrons. The fourth-order valence-corrected chi connectivity index (χ4v) is 3.30. The van der Waals surface area contributed by atoms with Gasteiger partial charge in [-0.05, 0) is 18.6 Å². The Morgan fingerprint density at radius 3 is 2.50 bits per heavy atom. The summed E-state index contributed by atoms with van der Waals surface area (Å²) in [6.45, 7) is 8.47. The average molecular weight is 413 g/mol. The third-order valence-electron chi connectivity index (χ3n) is 3.92. The first-order chi connectivity index (χ1) is 13.0. The van der Waals surface area contributed by atoms with Crippen LogP contribution in [0.2, 0.25) is 0 Å². The molecule has 0 atom stereocenters. The molecule has 0 unspecified atom stereocenters. The van der Waals surface area contributed by atoms with E-state index in [1.165, 1.54) is 11.3 Å². The van der Waals surface area contributed by atoms with Gasteiger partial charge in [-0.1, -0.05) is 51.5 Å².